The summed E-state index contributed by atoms with van der Waals surface area (Å²) >= 11 is 6.24. The minimum absolute atomic E-state index is 0.484. The van der Waals surface area contributed by atoms with Gasteiger partial charge in [-0.3, -0.25) is 0 Å². The predicted octanol–water partition coefficient (Wildman–Crippen LogP) is 5.82. The van der Waals surface area contributed by atoms with E-state index in [1.54, 1.807) is 18.6 Å². The van der Waals surface area contributed by atoms with Crippen LogP contribution in [0, 0.1) is 6.92 Å². The van der Waals surface area contributed by atoms with E-state index in [0.29, 0.717) is 5.15 Å². The molecule has 0 bridgehead atoms. The summed E-state index contributed by atoms with van der Waals surface area (Å²) in [5.74, 6) is 0.727. The van der Waals surface area contributed by atoms with Crippen LogP contribution >= 0.6 is 11.6 Å². The molecule has 3 heterocycles. The summed E-state index contributed by atoms with van der Waals surface area (Å²) in [6.45, 7) is 6.05. The lowest BCUT2D eigenvalue weighted by molar-refractivity contribution is 1.17. The molecule has 0 spiro atoms. The Balaban J connectivity index is 0.00000102. The van der Waals surface area contributed by atoms with E-state index >= 15 is 0 Å². The molecular formula is C21H20ClN5. The number of hydrogen-bond acceptors (Lipinski definition) is 5. The lowest BCUT2D eigenvalue weighted by Crippen LogP contribution is -2.00. The molecular weight excluding hydrogens is 358 g/mol. The first-order valence-electron chi connectivity index (χ1n) is 8.76. The van der Waals surface area contributed by atoms with Crippen molar-refractivity contribution in [2.75, 3.05) is 5.32 Å². The van der Waals surface area contributed by atoms with Gasteiger partial charge in [-0.25, -0.2) is 19.9 Å². The van der Waals surface area contributed by atoms with E-state index in [0.717, 1.165) is 39.1 Å². The number of anilines is 2. The summed E-state index contributed by atoms with van der Waals surface area (Å²) in [4.78, 5) is 17.0. The maximum absolute atomic E-state index is 6.24. The van der Waals surface area contributed by atoms with E-state index in [1.165, 1.54) is 6.33 Å². The number of hydrogen-bond donors (Lipinski definition) is 1. The third-order valence-corrected chi connectivity index (χ3v) is 4.32. The van der Waals surface area contributed by atoms with E-state index in [9.17, 15) is 0 Å². The van der Waals surface area contributed by atoms with E-state index in [4.69, 9.17) is 11.6 Å². The second kappa shape index (κ2) is 8.56. The van der Waals surface area contributed by atoms with E-state index in [2.05, 4.69) is 25.3 Å². The van der Waals surface area contributed by atoms with Gasteiger partial charge in [0.1, 0.15) is 17.3 Å². The fourth-order valence-corrected chi connectivity index (χ4v) is 3.00. The molecule has 0 saturated heterocycles. The number of rotatable bonds is 3. The van der Waals surface area contributed by atoms with Crippen molar-refractivity contribution in [3.63, 3.8) is 0 Å². The van der Waals surface area contributed by atoms with Crippen molar-refractivity contribution in [2.45, 2.75) is 20.8 Å². The average molecular weight is 378 g/mol. The lowest BCUT2D eigenvalue weighted by atomic mass is 10.1. The molecule has 0 aliphatic carbocycles. The summed E-state index contributed by atoms with van der Waals surface area (Å²) in [5, 5.41) is 5.83. The van der Waals surface area contributed by atoms with Gasteiger partial charge >= 0.3 is 0 Å². The van der Waals surface area contributed by atoms with Crippen molar-refractivity contribution >= 4 is 33.9 Å². The molecule has 5 nitrogen and oxygen atoms in total. The smallest absolute Gasteiger partial charge is 0.139 e. The molecule has 0 fully saturated rings. The van der Waals surface area contributed by atoms with Gasteiger partial charge in [0, 0.05) is 34.9 Å². The second-order valence-electron chi connectivity index (χ2n) is 5.57. The third kappa shape index (κ3) is 3.88. The Morgan fingerprint density at radius 1 is 0.852 bits per heavy atom. The Bertz CT molecular complexity index is 1050. The van der Waals surface area contributed by atoms with Gasteiger partial charge in [0.25, 0.3) is 0 Å². The molecule has 0 aliphatic rings. The van der Waals surface area contributed by atoms with Crippen LogP contribution in [0.2, 0.25) is 5.15 Å². The van der Waals surface area contributed by atoms with Crippen LogP contribution < -0.4 is 5.32 Å². The monoisotopic (exact) mass is 377 g/mol. The SMILES string of the molecule is CC.Cc1ccc2c(Cl)nccc2c1Nc1ncccc1-c1ccncn1. The Hall–Kier alpha value is -3.05. The van der Waals surface area contributed by atoms with Crippen LogP contribution in [0.1, 0.15) is 19.4 Å². The van der Waals surface area contributed by atoms with Gasteiger partial charge in [0.05, 0.1) is 11.4 Å². The number of pyridine rings is 2. The molecule has 4 rings (SSSR count). The summed E-state index contributed by atoms with van der Waals surface area (Å²) in [5.41, 5.74) is 3.76. The molecule has 0 saturated carbocycles. The molecule has 6 heteroatoms. The standard InChI is InChI=1S/C19H14ClN5.C2H6/c1-12-4-5-14-13(6-10-22-18(14)20)17(12)25-19-15(3-2-8-23-19)16-7-9-21-11-24-16;1-2/h2-11H,1H3,(H,23,25);1-2H3. The molecule has 0 unspecified atom stereocenters. The van der Waals surface area contributed by atoms with Crippen molar-refractivity contribution in [1.82, 2.24) is 19.9 Å². The molecule has 1 N–H and O–H groups in total. The number of nitrogens with zero attached hydrogens (tertiary/aromatic N) is 4. The number of aryl methyl sites for hydroxylation is 1. The molecule has 1 aromatic carbocycles. The molecule has 0 radical (unpaired) electrons. The number of benzene rings is 1. The highest BCUT2D eigenvalue weighted by Crippen LogP contribution is 2.34. The Morgan fingerprint density at radius 2 is 1.70 bits per heavy atom. The zero-order chi connectivity index (χ0) is 19.2. The fraction of sp³-hybridized carbons (Fsp3) is 0.143. The Kier molecular flexibility index (Phi) is 5.94. The first kappa shape index (κ1) is 18.7. The van der Waals surface area contributed by atoms with Crippen molar-refractivity contribution in [1.29, 1.82) is 0 Å². The van der Waals surface area contributed by atoms with E-state index in [1.807, 2.05) is 57.2 Å². The number of aromatic nitrogens is 4. The highest BCUT2D eigenvalue weighted by Gasteiger charge is 2.12. The van der Waals surface area contributed by atoms with Crippen LogP contribution in [0.5, 0.6) is 0 Å². The minimum atomic E-state index is 0.484. The van der Waals surface area contributed by atoms with Crippen LogP contribution in [0.4, 0.5) is 11.5 Å². The zero-order valence-electron chi connectivity index (χ0n) is 15.4. The average Bonchev–Trinajstić information content (AvgIpc) is 2.73. The number of fused-ring (bicyclic) bond motifs is 1. The zero-order valence-corrected chi connectivity index (χ0v) is 16.2. The normalized spacial score (nSPS) is 10.2. The highest BCUT2D eigenvalue weighted by atomic mass is 35.5. The van der Waals surface area contributed by atoms with Crippen molar-refractivity contribution in [2.24, 2.45) is 0 Å². The maximum Gasteiger partial charge on any atom is 0.139 e. The summed E-state index contributed by atoms with van der Waals surface area (Å²) < 4.78 is 0. The van der Waals surface area contributed by atoms with Gasteiger partial charge in [-0.2, -0.15) is 0 Å². The topological polar surface area (TPSA) is 63.6 Å². The van der Waals surface area contributed by atoms with Crippen molar-refractivity contribution < 1.29 is 0 Å². The van der Waals surface area contributed by atoms with E-state index in [-0.39, 0.29) is 0 Å². The number of halogens is 1. The first-order valence-corrected chi connectivity index (χ1v) is 9.14. The van der Waals surface area contributed by atoms with Gasteiger partial charge in [-0.05, 0) is 36.8 Å². The third-order valence-electron chi connectivity index (χ3n) is 4.01. The van der Waals surface area contributed by atoms with Crippen LogP contribution in [0.15, 0.2) is 61.3 Å². The van der Waals surface area contributed by atoms with Gasteiger partial charge in [0.15, 0.2) is 0 Å². The maximum atomic E-state index is 6.24. The second-order valence-corrected chi connectivity index (χ2v) is 5.93. The highest BCUT2D eigenvalue weighted by molar-refractivity contribution is 6.34. The van der Waals surface area contributed by atoms with Crippen LogP contribution in [-0.4, -0.2) is 19.9 Å². The van der Waals surface area contributed by atoms with Gasteiger partial charge in [-0.15, -0.1) is 0 Å². The first-order chi connectivity index (χ1) is 13.2. The van der Waals surface area contributed by atoms with Crippen LogP contribution in [-0.2, 0) is 0 Å². The summed E-state index contributed by atoms with van der Waals surface area (Å²) in [6, 6.07) is 11.7. The lowest BCUT2D eigenvalue weighted by Gasteiger charge is -2.15. The molecule has 27 heavy (non-hydrogen) atoms. The van der Waals surface area contributed by atoms with Gasteiger partial charge in [-0.1, -0.05) is 37.6 Å². The van der Waals surface area contributed by atoms with Gasteiger partial charge in [0.2, 0.25) is 0 Å². The van der Waals surface area contributed by atoms with Crippen molar-refractivity contribution in [3.8, 4) is 11.3 Å². The van der Waals surface area contributed by atoms with Crippen LogP contribution in [0.3, 0.4) is 0 Å². The quantitative estimate of drug-likeness (QED) is 0.456. The molecule has 3 aromatic heterocycles. The van der Waals surface area contributed by atoms with Crippen molar-refractivity contribution in [3.05, 3.63) is 72.0 Å². The molecule has 0 aliphatic heterocycles. The van der Waals surface area contributed by atoms with Gasteiger partial charge < -0.3 is 5.32 Å². The molecule has 136 valence electrons. The van der Waals surface area contributed by atoms with Crippen LogP contribution in [0.25, 0.3) is 22.0 Å². The number of nitrogens with one attached hydrogen (secondary N) is 1. The largest absolute Gasteiger partial charge is 0.339 e. The summed E-state index contributed by atoms with van der Waals surface area (Å²) in [6.07, 6.45) is 6.70. The minimum Gasteiger partial charge on any atom is -0.339 e. The molecule has 0 atom stereocenters. The molecule has 0 amide bonds. The molecule has 4 aromatic rings. The summed E-state index contributed by atoms with van der Waals surface area (Å²) in [7, 11) is 0. The predicted molar refractivity (Wildman–Crippen MR) is 111 cm³/mol. The Labute approximate surface area is 163 Å². The fourth-order valence-electron chi connectivity index (χ4n) is 2.77. The Morgan fingerprint density at radius 3 is 2.48 bits per heavy atom. The van der Waals surface area contributed by atoms with E-state index < -0.39 is 0 Å².